The molecule has 2 heterocycles. The number of nitrogens with one attached hydrogen (secondary N) is 1. The molecule has 3 rings (SSSR count). The highest BCUT2D eigenvalue weighted by atomic mass is 16.5. The maximum absolute atomic E-state index is 13.2. The van der Waals surface area contributed by atoms with E-state index in [1.165, 1.54) is 0 Å². The van der Waals surface area contributed by atoms with Crippen LogP contribution >= 0.6 is 0 Å². The zero-order valence-corrected chi connectivity index (χ0v) is 16.0. The molecule has 0 radical (unpaired) electrons. The van der Waals surface area contributed by atoms with Crippen LogP contribution in [0.25, 0.3) is 0 Å². The molecular formula is C20H27N3O4. The van der Waals surface area contributed by atoms with Crippen molar-refractivity contribution in [2.24, 2.45) is 0 Å². The average molecular weight is 373 g/mol. The number of rotatable bonds is 5. The third-order valence-electron chi connectivity index (χ3n) is 5.54. The van der Waals surface area contributed by atoms with Crippen molar-refractivity contribution in [1.29, 1.82) is 0 Å². The molecule has 1 aromatic rings. The van der Waals surface area contributed by atoms with E-state index in [2.05, 4.69) is 5.32 Å². The van der Waals surface area contributed by atoms with Crippen molar-refractivity contribution in [3.05, 3.63) is 29.8 Å². The molecule has 2 aliphatic rings. The van der Waals surface area contributed by atoms with Crippen LogP contribution in [-0.4, -0.2) is 54.4 Å². The van der Waals surface area contributed by atoms with Gasteiger partial charge in [0.1, 0.15) is 17.8 Å². The second-order valence-electron chi connectivity index (χ2n) is 7.10. The van der Waals surface area contributed by atoms with E-state index in [0.717, 1.165) is 30.6 Å². The van der Waals surface area contributed by atoms with Crippen molar-refractivity contribution < 1.29 is 19.1 Å². The number of amides is 4. The van der Waals surface area contributed by atoms with Crippen LogP contribution in [0.4, 0.5) is 4.79 Å². The summed E-state index contributed by atoms with van der Waals surface area (Å²) in [7, 11) is 1.57. The molecule has 0 unspecified atom stereocenters. The number of methoxy groups -OCH3 is 1. The molecule has 7 heteroatoms. The number of hydrogen-bond donors (Lipinski definition) is 1. The number of likely N-dealkylation sites (tertiary alicyclic amines) is 1. The highest BCUT2D eigenvalue weighted by Crippen LogP contribution is 2.33. The Bertz CT molecular complexity index is 710. The highest BCUT2D eigenvalue weighted by Gasteiger charge is 2.51. The number of urea groups is 1. The molecule has 146 valence electrons. The molecule has 2 aliphatic heterocycles. The molecule has 4 amide bonds. The first-order valence-corrected chi connectivity index (χ1v) is 9.58. The van der Waals surface area contributed by atoms with Gasteiger partial charge in [0.2, 0.25) is 5.91 Å². The van der Waals surface area contributed by atoms with Gasteiger partial charge in [-0.25, -0.2) is 4.79 Å². The van der Waals surface area contributed by atoms with Gasteiger partial charge in [0.05, 0.1) is 7.11 Å². The first-order chi connectivity index (χ1) is 13.0. The number of carbonyl (C=O) groups excluding carboxylic acids is 3. The Hall–Kier alpha value is -2.57. The molecule has 1 N–H and O–H groups in total. The van der Waals surface area contributed by atoms with E-state index in [1.807, 2.05) is 6.92 Å². The van der Waals surface area contributed by atoms with Gasteiger partial charge in [-0.3, -0.25) is 14.5 Å². The summed E-state index contributed by atoms with van der Waals surface area (Å²) in [6.07, 6.45) is 4.57. The van der Waals surface area contributed by atoms with Gasteiger partial charge in [0.25, 0.3) is 5.91 Å². The summed E-state index contributed by atoms with van der Waals surface area (Å²) in [6.45, 7) is 3.03. The molecule has 0 aromatic heterocycles. The van der Waals surface area contributed by atoms with Crippen LogP contribution in [0.15, 0.2) is 24.3 Å². The number of nitrogens with zero attached hydrogens (tertiary/aromatic N) is 2. The first-order valence-electron chi connectivity index (χ1n) is 9.58. The highest BCUT2D eigenvalue weighted by molar-refractivity contribution is 6.09. The van der Waals surface area contributed by atoms with Crippen molar-refractivity contribution in [2.45, 2.75) is 44.6 Å². The Morgan fingerprint density at radius 1 is 1.11 bits per heavy atom. The van der Waals surface area contributed by atoms with E-state index < -0.39 is 11.6 Å². The molecule has 7 nitrogen and oxygen atoms in total. The monoisotopic (exact) mass is 373 g/mol. The molecular weight excluding hydrogens is 346 g/mol. The number of imide groups is 1. The van der Waals surface area contributed by atoms with Gasteiger partial charge in [-0.1, -0.05) is 31.9 Å². The quantitative estimate of drug-likeness (QED) is 0.803. The number of hydrogen-bond acceptors (Lipinski definition) is 4. The average Bonchev–Trinajstić information content (AvgIpc) is 2.89. The fourth-order valence-corrected chi connectivity index (χ4v) is 3.84. The molecule has 1 atom stereocenters. The minimum absolute atomic E-state index is 0.165. The van der Waals surface area contributed by atoms with E-state index in [-0.39, 0.29) is 18.4 Å². The molecule has 0 spiro atoms. The number of benzene rings is 1. The summed E-state index contributed by atoms with van der Waals surface area (Å²) in [6, 6.07) is 6.57. The van der Waals surface area contributed by atoms with Gasteiger partial charge in [0.15, 0.2) is 0 Å². The second-order valence-corrected chi connectivity index (χ2v) is 7.10. The third-order valence-corrected chi connectivity index (χ3v) is 5.54. The first kappa shape index (κ1) is 19.2. The minimum Gasteiger partial charge on any atom is -0.497 e. The topological polar surface area (TPSA) is 79.0 Å². The summed E-state index contributed by atoms with van der Waals surface area (Å²) in [4.78, 5) is 41.2. The van der Waals surface area contributed by atoms with E-state index in [4.69, 9.17) is 4.74 Å². The Balaban J connectivity index is 1.78. The van der Waals surface area contributed by atoms with Crippen LogP contribution in [0.5, 0.6) is 5.75 Å². The van der Waals surface area contributed by atoms with Crippen LogP contribution < -0.4 is 10.1 Å². The molecule has 2 saturated heterocycles. The molecule has 0 aliphatic carbocycles. The normalized spacial score (nSPS) is 23.2. The summed E-state index contributed by atoms with van der Waals surface area (Å²) >= 11 is 0. The van der Waals surface area contributed by atoms with Crippen LogP contribution in [0.2, 0.25) is 0 Å². The van der Waals surface area contributed by atoms with Gasteiger partial charge in [-0.05, 0) is 37.0 Å². The Morgan fingerprint density at radius 3 is 2.30 bits per heavy atom. The van der Waals surface area contributed by atoms with Gasteiger partial charge in [-0.2, -0.15) is 0 Å². The van der Waals surface area contributed by atoms with Crippen LogP contribution in [-0.2, 0) is 15.1 Å². The van der Waals surface area contributed by atoms with Crippen molar-refractivity contribution in [2.75, 3.05) is 26.7 Å². The SMILES string of the molecule is CC[C@@]1(c2ccc(OC)cc2)NC(=O)N(CC(=O)N2CCCCCC2)C1=O. The minimum atomic E-state index is -1.14. The summed E-state index contributed by atoms with van der Waals surface area (Å²) < 4.78 is 5.16. The Labute approximate surface area is 159 Å². The molecule has 1 aromatic carbocycles. The van der Waals surface area contributed by atoms with Crippen molar-refractivity contribution in [3.63, 3.8) is 0 Å². The lowest BCUT2D eigenvalue weighted by atomic mass is 9.87. The lowest BCUT2D eigenvalue weighted by Crippen LogP contribution is -2.45. The predicted octanol–water partition coefficient (Wildman–Crippen LogP) is 2.25. The molecule has 2 fully saturated rings. The number of carbonyl (C=O) groups is 3. The van der Waals surface area contributed by atoms with E-state index in [0.29, 0.717) is 30.8 Å². The van der Waals surface area contributed by atoms with Crippen molar-refractivity contribution in [1.82, 2.24) is 15.1 Å². The van der Waals surface area contributed by atoms with Gasteiger partial charge in [-0.15, -0.1) is 0 Å². The van der Waals surface area contributed by atoms with E-state index in [9.17, 15) is 14.4 Å². The Morgan fingerprint density at radius 2 is 1.74 bits per heavy atom. The maximum Gasteiger partial charge on any atom is 0.325 e. The largest absolute Gasteiger partial charge is 0.497 e. The summed E-state index contributed by atoms with van der Waals surface area (Å²) in [5.74, 6) is 0.139. The van der Waals surface area contributed by atoms with E-state index in [1.54, 1.807) is 36.3 Å². The predicted molar refractivity (Wildman–Crippen MR) is 100 cm³/mol. The smallest absolute Gasteiger partial charge is 0.325 e. The van der Waals surface area contributed by atoms with E-state index >= 15 is 0 Å². The zero-order chi connectivity index (χ0) is 19.4. The number of ether oxygens (including phenoxy) is 1. The standard InChI is InChI=1S/C20H27N3O4/c1-3-20(15-8-10-16(27-2)11-9-15)18(25)23(19(26)21-20)14-17(24)22-12-6-4-5-7-13-22/h8-11H,3-7,12-14H2,1-2H3,(H,21,26)/t20-/m0/s1. The Kier molecular flexibility index (Phi) is 5.68. The summed E-state index contributed by atoms with van der Waals surface area (Å²) in [5.41, 5.74) is -0.448. The van der Waals surface area contributed by atoms with Gasteiger partial charge in [0, 0.05) is 13.1 Å². The van der Waals surface area contributed by atoms with Gasteiger partial charge >= 0.3 is 6.03 Å². The molecule has 0 saturated carbocycles. The molecule has 0 bridgehead atoms. The van der Waals surface area contributed by atoms with Crippen LogP contribution in [0, 0.1) is 0 Å². The lowest BCUT2D eigenvalue weighted by Gasteiger charge is -2.26. The zero-order valence-electron chi connectivity index (χ0n) is 16.0. The summed E-state index contributed by atoms with van der Waals surface area (Å²) in [5, 5.41) is 2.82. The van der Waals surface area contributed by atoms with Crippen LogP contribution in [0.1, 0.15) is 44.6 Å². The fraction of sp³-hybridized carbons (Fsp3) is 0.550. The van der Waals surface area contributed by atoms with Gasteiger partial charge < -0.3 is 15.0 Å². The fourth-order valence-electron chi connectivity index (χ4n) is 3.84. The molecule has 27 heavy (non-hydrogen) atoms. The maximum atomic E-state index is 13.2. The third kappa shape index (κ3) is 3.63. The lowest BCUT2D eigenvalue weighted by molar-refractivity contribution is -0.139. The van der Waals surface area contributed by atoms with Crippen molar-refractivity contribution >= 4 is 17.8 Å². The second kappa shape index (κ2) is 7.98. The van der Waals surface area contributed by atoms with Crippen molar-refractivity contribution in [3.8, 4) is 5.75 Å². The van der Waals surface area contributed by atoms with Crippen LogP contribution in [0.3, 0.4) is 0 Å².